The summed E-state index contributed by atoms with van der Waals surface area (Å²) in [5, 5.41) is 3.76. The van der Waals surface area contributed by atoms with E-state index in [1.807, 2.05) is 0 Å². The Bertz CT molecular complexity index is 377. The third-order valence-corrected chi connectivity index (χ3v) is 4.76. The predicted molar refractivity (Wildman–Crippen MR) is 88.2 cm³/mol. The molecule has 1 nitrogen and oxygen atoms in total. The zero-order valence-electron chi connectivity index (χ0n) is 13.3. The van der Waals surface area contributed by atoms with Crippen LogP contribution >= 0.6 is 0 Å². The van der Waals surface area contributed by atoms with Crippen LogP contribution in [0.5, 0.6) is 0 Å². The molecule has 2 rings (SSSR count). The Balaban J connectivity index is 1.90. The minimum absolute atomic E-state index is 0.721. The van der Waals surface area contributed by atoms with Gasteiger partial charge in [0.2, 0.25) is 0 Å². The van der Waals surface area contributed by atoms with Gasteiger partial charge in [0.15, 0.2) is 0 Å². The summed E-state index contributed by atoms with van der Waals surface area (Å²) in [6.07, 6.45) is 11.2. The largest absolute Gasteiger partial charge is 0.314 e. The minimum atomic E-state index is 0.721. The van der Waals surface area contributed by atoms with Crippen molar-refractivity contribution in [2.24, 2.45) is 5.92 Å². The van der Waals surface area contributed by atoms with Crippen molar-refractivity contribution in [3.05, 3.63) is 35.4 Å². The maximum absolute atomic E-state index is 3.76. The van der Waals surface area contributed by atoms with Gasteiger partial charge < -0.3 is 5.32 Å². The highest BCUT2D eigenvalue weighted by Crippen LogP contribution is 2.27. The summed E-state index contributed by atoms with van der Waals surface area (Å²) < 4.78 is 0. The lowest BCUT2D eigenvalue weighted by molar-refractivity contribution is 0.308. The molecule has 1 N–H and O–H groups in total. The van der Waals surface area contributed by atoms with E-state index in [1.165, 1.54) is 62.5 Å². The van der Waals surface area contributed by atoms with Crippen LogP contribution in [0.25, 0.3) is 0 Å². The zero-order valence-corrected chi connectivity index (χ0v) is 13.3. The molecule has 1 heteroatoms. The van der Waals surface area contributed by atoms with Gasteiger partial charge in [-0.3, -0.25) is 0 Å². The fraction of sp³-hybridized carbons (Fsp3) is 0.684. The number of hydrogen-bond acceptors (Lipinski definition) is 1. The van der Waals surface area contributed by atoms with Gasteiger partial charge in [0.25, 0.3) is 0 Å². The molecule has 20 heavy (non-hydrogen) atoms. The van der Waals surface area contributed by atoms with Gasteiger partial charge in [-0.25, -0.2) is 0 Å². The molecule has 1 unspecified atom stereocenters. The molecule has 0 aromatic heterocycles. The second kappa shape index (κ2) is 8.46. The quantitative estimate of drug-likeness (QED) is 0.729. The molecule has 0 bridgehead atoms. The molecule has 1 atom stereocenters. The number of nitrogens with one attached hydrogen (secondary N) is 1. The lowest BCUT2D eigenvalue weighted by Crippen LogP contribution is -2.36. The van der Waals surface area contributed by atoms with E-state index in [0.29, 0.717) is 0 Å². The third kappa shape index (κ3) is 4.94. The monoisotopic (exact) mass is 273 g/mol. The van der Waals surface area contributed by atoms with Crippen LogP contribution in [-0.2, 0) is 6.42 Å². The van der Waals surface area contributed by atoms with Crippen molar-refractivity contribution >= 4 is 0 Å². The Morgan fingerprint density at radius 1 is 1.15 bits per heavy atom. The zero-order chi connectivity index (χ0) is 14.2. The van der Waals surface area contributed by atoms with Gasteiger partial charge in [-0.15, -0.1) is 0 Å². The van der Waals surface area contributed by atoms with Gasteiger partial charge in [0, 0.05) is 6.04 Å². The molecular weight excluding hydrogens is 242 g/mol. The summed E-state index contributed by atoms with van der Waals surface area (Å²) in [5.41, 5.74) is 2.89. The van der Waals surface area contributed by atoms with Crippen molar-refractivity contribution in [1.82, 2.24) is 5.32 Å². The van der Waals surface area contributed by atoms with Gasteiger partial charge in [0.05, 0.1) is 0 Å². The summed E-state index contributed by atoms with van der Waals surface area (Å²) >= 11 is 0. The van der Waals surface area contributed by atoms with E-state index in [4.69, 9.17) is 0 Å². The molecule has 0 amide bonds. The first-order valence-corrected chi connectivity index (χ1v) is 8.58. The van der Waals surface area contributed by atoms with E-state index in [-0.39, 0.29) is 0 Å². The number of rotatable bonds is 6. The number of benzene rings is 1. The molecule has 0 aliphatic heterocycles. The van der Waals surface area contributed by atoms with Gasteiger partial charge in [0.1, 0.15) is 0 Å². The van der Waals surface area contributed by atoms with E-state index in [2.05, 4.69) is 43.4 Å². The topological polar surface area (TPSA) is 12.0 Å². The molecule has 1 aliphatic carbocycles. The van der Waals surface area contributed by atoms with E-state index < -0.39 is 0 Å². The lowest BCUT2D eigenvalue weighted by Gasteiger charge is -2.27. The molecule has 0 heterocycles. The Morgan fingerprint density at radius 2 is 1.90 bits per heavy atom. The van der Waals surface area contributed by atoms with Crippen LogP contribution in [0.15, 0.2) is 24.3 Å². The molecule has 1 fully saturated rings. The summed E-state index contributed by atoms with van der Waals surface area (Å²) in [7, 11) is 0. The number of hydrogen-bond donors (Lipinski definition) is 1. The second-order valence-corrected chi connectivity index (χ2v) is 6.44. The van der Waals surface area contributed by atoms with Crippen LogP contribution in [-0.4, -0.2) is 12.6 Å². The summed E-state index contributed by atoms with van der Waals surface area (Å²) in [4.78, 5) is 0. The summed E-state index contributed by atoms with van der Waals surface area (Å²) in [6, 6.07) is 9.73. The third-order valence-electron chi connectivity index (χ3n) is 4.76. The van der Waals surface area contributed by atoms with E-state index in [0.717, 1.165) is 18.5 Å². The fourth-order valence-corrected chi connectivity index (χ4v) is 3.67. The Kier molecular flexibility index (Phi) is 6.59. The molecule has 1 aliphatic rings. The van der Waals surface area contributed by atoms with E-state index >= 15 is 0 Å². The van der Waals surface area contributed by atoms with Gasteiger partial charge >= 0.3 is 0 Å². The molecule has 1 aromatic rings. The standard InChI is InChI=1S/C19H31N/c1-3-20-19(18-11-6-4-5-7-12-18)14-13-17-10-8-9-16(2)15-17/h8-10,15,18-20H,3-7,11-14H2,1-2H3. The highest BCUT2D eigenvalue weighted by molar-refractivity contribution is 5.22. The first-order chi connectivity index (χ1) is 9.79. The lowest BCUT2D eigenvalue weighted by atomic mass is 9.88. The number of aryl methyl sites for hydroxylation is 2. The molecule has 0 spiro atoms. The van der Waals surface area contributed by atoms with Crippen molar-refractivity contribution in [2.45, 2.75) is 71.3 Å². The first-order valence-electron chi connectivity index (χ1n) is 8.58. The SMILES string of the molecule is CCNC(CCc1cccc(C)c1)C1CCCCCC1. The van der Waals surface area contributed by atoms with Crippen LogP contribution in [0, 0.1) is 12.8 Å². The predicted octanol–water partition coefficient (Wildman–Crippen LogP) is 4.88. The van der Waals surface area contributed by atoms with Crippen molar-refractivity contribution in [2.75, 3.05) is 6.54 Å². The smallest absolute Gasteiger partial charge is 0.00983 e. The molecule has 1 saturated carbocycles. The average molecular weight is 273 g/mol. The van der Waals surface area contributed by atoms with Crippen molar-refractivity contribution < 1.29 is 0 Å². The Labute approximate surface area is 125 Å². The van der Waals surface area contributed by atoms with Crippen LogP contribution in [0.2, 0.25) is 0 Å². The molecule has 1 aromatic carbocycles. The Morgan fingerprint density at radius 3 is 2.55 bits per heavy atom. The minimum Gasteiger partial charge on any atom is -0.314 e. The average Bonchev–Trinajstić information content (AvgIpc) is 2.72. The van der Waals surface area contributed by atoms with Crippen molar-refractivity contribution in [1.29, 1.82) is 0 Å². The molecular formula is C19H31N. The van der Waals surface area contributed by atoms with Crippen LogP contribution in [0.1, 0.15) is 63.0 Å². The highest BCUT2D eigenvalue weighted by atomic mass is 14.9. The maximum Gasteiger partial charge on any atom is 0.00983 e. The normalized spacial score (nSPS) is 18.7. The summed E-state index contributed by atoms with van der Waals surface area (Å²) in [6.45, 7) is 5.54. The Hall–Kier alpha value is -0.820. The second-order valence-electron chi connectivity index (χ2n) is 6.44. The van der Waals surface area contributed by atoms with Gasteiger partial charge in [-0.05, 0) is 50.6 Å². The molecule has 0 saturated heterocycles. The van der Waals surface area contributed by atoms with Crippen molar-refractivity contribution in [3.63, 3.8) is 0 Å². The van der Waals surface area contributed by atoms with E-state index in [1.54, 1.807) is 0 Å². The fourth-order valence-electron chi connectivity index (χ4n) is 3.67. The highest BCUT2D eigenvalue weighted by Gasteiger charge is 2.21. The molecule has 112 valence electrons. The van der Waals surface area contributed by atoms with Crippen LogP contribution in [0.3, 0.4) is 0 Å². The van der Waals surface area contributed by atoms with Crippen LogP contribution < -0.4 is 5.32 Å². The summed E-state index contributed by atoms with van der Waals surface area (Å²) in [5.74, 6) is 0.905. The van der Waals surface area contributed by atoms with Crippen molar-refractivity contribution in [3.8, 4) is 0 Å². The van der Waals surface area contributed by atoms with Gasteiger partial charge in [-0.1, -0.05) is 62.4 Å². The van der Waals surface area contributed by atoms with Gasteiger partial charge in [-0.2, -0.15) is 0 Å². The first kappa shape index (κ1) is 15.6. The maximum atomic E-state index is 3.76. The van der Waals surface area contributed by atoms with E-state index in [9.17, 15) is 0 Å². The van der Waals surface area contributed by atoms with Crippen LogP contribution in [0.4, 0.5) is 0 Å². The molecule has 0 radical (unpaired) electrons.